The first-order valence-electron chi connectivity index (χ1n) is 12.4. The molecule has 11 heteroatoms. The Bertz CT molecular complexity index is 1210. The molecule has 2 aromatic rings. The summed E-state index contributed by atoms with van der Waals surface area (Å²) in [6.45, 7) is 5.23. The number of hydrogen-bond acceptors (Lipinski definition) is 9. The molecule has 5 rings (SSSR count). The lowest BCUT2D eigenvalue weighted by atomic mass is 10.0. The second-order valence-corrected chi connectivity index (χ2v) is 9.23. The Kier molecular flexibility index (Phi) is 8.18. The number of amides is 2. The molecule has 2 fully saturated rings. The zero-order valence-corrected chi connectivity index (χ0v) is 21.1. The van der Waals surface area contributed by atoms with Gasteiger partial charge in [0.2, 0.25) is 6.41 Å². The fourth-order valence-electron chi connectivity index (χ4n) is 4.75. The molecule has 5 heterocycles. The van der Waals surface area contributed by atoms with Crippen LogP contribution in [0.3, 0.4) is 0 Å². The number of aldehydes is 1. The SMILES string of the molecule is CC1COC(=O)N1Cc1cc2c(nc1C=O)N(C=O)CCC2.CNc1cc(N2CCCC2)c(C#N)cn1. The fraction of sp³-hybridized carbons (Fsp3) is 0.462. The number of pyridine rings is 2. The standard InChI is InChI=1S/C15H17N3O4.C11H14N4/c1-10-8-22-15(21)18(10)6-12-5-11-3-2-4-17(9-20)14(11)16-13(12)7-19;1-13-11-6-10(9(7-12)8-14-11)15-4-2-3-5-15/h5,7,9-10H,2-4,6,8H2,1H3;6,8H,2-5H2,1H3,(H,13,14). The van der Waals surface area contributed by atoms with E-state index in [1.54, 1.807) is 11.1 Å². The predicted molar refractivity (Wildman–Crippen MR) is 138 cm³/mol. The van der Waals surface area contributed by atoms with Gasteiger partial charge in [-0.25, -0.2) is 14.8 Å². The van der Waals surface area contributed by atoms with Crippen LogP contribution in [0.2, 0.25) is 0 Å². The second-order valence-electron chi connectivity index (χ2n) is 9.23. The number of anilines is 3. The summed E-state index contributed by atoms with van der Waals surface area (Å²) in [4.78, 5) is 48.0. The topological polar surface area (TPSA) is 132 Å². The molecule has 0 saturated carbocycles. The van der Waals surface area contributed by atoms with Crippen LogP contribution in [-0.4, -0.2) is 73.0 Å². The van der Waals surface area contributed by atoms with Gasteiger partial charge >= 0.3 is 6.09 Å². The molecule has 0 spiro atoms. The lowest BCUT2D eigenvalue weighted by Crippen LogP contribution is -2.32. The number of carbonyl (C=O) groups is 3. The summed E-state index contributed by atoms with van der Waals surface area (Å²) >= 11 is 0. The van der Waals surface area contributed by atoms with Gasteiger partial charge in [0, 0.05) is 44.5 Å². The number of nitrogens with one attached hydrogen (secondary N) is 1. The molecule has 2 saturated heterocycles. The van der Waals surface area contributed by atoms with Crippen LogP contribution < -0.4 is 15.1 Å². The highest BCUT2D eigenvalue weighted by atomic mass is 16.6. The Morgan fingerprint density at radius 2 is 2.00 bits per heavy atom. The first kappa shape index (κ1) is 25.9. The number of nitrogens with zero attached hydrogens (tertiary/aromatic N) is 6. The third-order valence-corrected chi connectivity index (χ3v) is 6.81. The molecule has 3 aliphatic heterocycles. The van der Waals surface area contributed by atoms with Crippen LogP contribution in [0.1, 0.15) is 53.4 Å². The van der Waals surface area contributed by atoms with E-state index < -0.39 is 0 Å². The minimum Gasteiger partial charge on any atom is -0.447 e. The maximum Gasteiger partial charge on any atom is 0.410 e. The summed E-state index contributed by atoms with van der Waals surface area (Å²) in [6.07, 6.45) is 6.74. The van der Waals surface area contributed by atoms with Gasteiger partial charge in [0.25, 0.3) is 0 Å². The molecule has 1 unspecified atom stereocenters. The van der Waals surface area contributed by atoms with E-state index in [1.165, 1.54) is 17.7 Å². The Balaban J connectivity index is 0.000000186. The molecule has 0 aromatic carbocycles. The van der Waals surface area contributed by atoms with Crippen LogP contribution in [0.4, 0.5) is 22.1 Å². The maximum atomic E-state index is 11.7. The molecule has 11 nitrogen and oxygen atoms in total. The first-order chi connectivity index (χ1) is 18.0. The van der Waals surface area contributed by atoms with Crippen LogP contribution in [-0.2, 0) is 22.5 Å². The number of rotatable bonds is 6. The zero-order valence-electron chi connectivity index (χ0n) is 21.1. The summed E-state index contributed by atoms with van der Waals surface area (Å²) < 4.78 is 4.99. The van der Waals surface area contributed by atoms with Gasteiger partial charge in [0.15, 0.2) is 6.29 Å². The van der Waals surface area contributed by atoms with Crippen molar-refractivity contribution < 1.29 is 19.1 Å². The van der Waals surface area contributed by atoms with Crippen molar-refractivity contribution in [3.8, 4) is 6.07 Å². The molecule has 3 aliphatic rings. The van der Waals surface area contributed by atoms with Gasteiger partial charge in [-0.3, -0.25) is 19.4 Å². The minimum atomic E-state index is -0.378. The van der Waals surface area contributed by atoms with E-state index in [4.69, 9.17) is 10.00 Å². The highest BCUT2D eigenvalue weighted by Gasteiger charge is 2.31. The van der Waals surface area contributed by atoms with Crippen molar-refractivity contribution in [1.29, 1.82) is 5.26 Å². The fourth-order valence-corrected chi connectivity index (χ4v) is 4.75. The lowest BCUT2D eigenvalue weighted by molar-refractivity contribution is -0.107. The number of cyclic esters (lactones) is 1. The molecule has 2 aromatic heterocycles. The average molecular weight is 506 g/mol. The molecule has 37 heavy (non-hydrogen) atoms. The maximum absolute atomic E-state index is 11.7. The molecule has 194 valence electrons. The van der Waals surface area contributed by atoms with E-state index in [1.807, 2.05) is 26.1 Å². The number of nitriles is 1. The van der Waals surface area contributed by atoms with Crippen LogP contribution >= 0.6 is 0 Å². The molecule has 1 atom stereocenters. The molecule has 1 N–H and O–H groups in total. The van der Waals surface area contributed by atoms with Crippen LogP contribution in [0, 0.1) is 11.3 Å². The van der Waals surface area contributed by atoms with Crippen molar-refractivity contribution in [3.05, 3.63) is 40.7 Å². The van der Waals surface area contributed by atoms with Crippen LogP contribution in [0.5, 0.6) is 0 Å². The number of aryl methyl sites for hydroxylation is 1. The summed E-state index contributed by atoms with van der Waals surface area (Å²) in [7, 11) is 1.84. The summed E-state index contributed by atoms with van der Waals surface area (Å²) in [5.74, 6) is 1.36. The Morgan fingerprint density at radius 3 is 2.62 bits per heavy atom. The smallest absolute Gasteiger partial charge is 0.410 e. The largest absolute Gasteiger partial charge is 0.447 e. The van der Waals surface area contributed by atoms with Crippen molar-refractivity contribution in [3.63, 3.8) is 0 Å². The van der Waals surface area contributed by atoms with E-state index in [0.717, 1.165) is 49.4 Å². The van der Waals surface area contributed by atoms with Crippen molar-refractivity contribution in [2.24, 2.45) is 0 Å². The van der Waals surface area contributed by atoms with Gasteiger partial charge in [-0.05, 0) is 44.2 Å². The molecule has 2 amide bonds. The molecular weight excluding hydrogens is 474 g/mol. The first-order valence-corrected chi connectivity index (χ1v) is 12.4. The Morgan fingerprint density at radius 1 is 1.22 bits per heavy atom. The highest BCUT2D eigenvalue weighted by Crippen LogP contribution is 2.28. The summed E-state index contributed by atoms with van der Waals surface area (Å²) in [5, 5.41) is 12.0. The average Bonchev–Trinajstić information content (AvgIpc) is 3.58. The van der Waals surface area contributed by atoms with Gasteiger partial charge in [0.05, 0.1) is 23.8 Å². The normalized spacial score (nSPS) is 18.4. The predicted octanol–water partition coefficient (Wildman–Crippen LogP) is 2.74. The van der Waals surface area contributed by atoms with Gasteiger partial charge < -0.3 is 15.0 Å². The molecule has 0 radical (unpaired) electrons. The quantitative estimate of drug-likeness (QED) is 0.589. The highest BCUT2D eigenvalue weighted by molar-refractivity contribution is 5.81. The number of hydrogen-bond donors (Lipinski definition) is 1. The van der Waals surface area contributed by atoms with Gasteiger partial charge in [-0.2, -0.15) is 5.26 Å². The third kappa shape index (κ3) is 5.63. The molecule has 0 aliphatic carbocycles. The van der Waals surface area contributed by atoms with E-state index >= 15 is 0 Å². The molecular formula is C26H31N7O4. The van der Waals surface area contributed by atoms with Crippen LogP contribution in [0.25, 0.3) is 0 Å². The van der Waals surface area contributed by atoms with E-state index in [-0.39, 0.29) is 24.4 Å². The molecule has 0 bridgehead atoms. The number of fused-ring (bicyclic) bond motifs is 1. The third-order valence-electron chi connectivity index (χ3n) is 6.81. The summed E-state index contributed by atoms with van der Waals surface area (Å²) in [5.41, 5.74) is 3.55. The van der Waals surface area contributed by atoms with Gasteiger partial charge in [0.1, 0.15) is 30.0 Å². The van der Waals surface area contributed by atoms with Gasteiger partial charge in [-0.1, -0.05) is 0 Å². The monoisotopic (exact) mass is 505 g/mol. The number of carbonyl (C=O) groups excluding carboxylic acids is 3. The Hall–Kier alpha value is -4.20. The van der Waals surface area contributed by atoms with Gasteiger partial charge in [-0.15, -0.1) is 0 Å². The Labute approximate surface area is 216 Å². The van der Waals surface area contributed by atoms with E-state index in [0.29, 0.717) is 36.4 Å². The lowest BCUT2D eigenvalue weighted by Gasteiger charge is -2.26. The van der Waals surface area contributed by atoms with E-state index in [9.17, 15) is 14.4 Å². The van der Waals surface area contributed by atoms with Crippen molar-refractivity contribution in [2.75, 3.05) is 48.4 Å². The minimum absolute atomic E-state index is 0.0329. The number of aromatic nitrogens is 2. The van der Waals surface area contributed by atoms with Crippen molar-refractivity contribution in [1.82, 2.24) is 14.9 Å². The zero-order chi connectivity index (χ0) is 26.4. The number of ether oxygens (including phenoxy) is 1. The van der Waals surface area contributed by atoms with Crippen molar-refractivity contribution >= 4 is 36.1 Å². The summed E-state index contributed by atoms with van der Waals surface area (Å²) in [6, 6.07) is 5.98. The second kappa shape index (κ2) is 11.7. The van der Waals surface area contributed by atoms with Crippen LogP contribution in [0.15, 0.2) is 18.3 Å². The van der Waals surface area contributed by atoms with E-state index in [2.05, 4.69) is 26.3 Å². The van der Waals surface area contributed by atoms with Crippen molar-refractivity contribution in [2.45, 2.75) is 45.2 Å².